The number of benzene rings is 3. The predicted molar refractivity (Wildman–Crippen MR) is 136 cm³/mol. The van der Waals surface area contributed by atoms with Gasteiger partial charge in [0.15, 0.2) is 5.78 Å². The van der Waals surface area contributed by atoms with Crippen LogP contribution in [0, 0.1) is 23.2 Å². The van der Waals surface area contributed by atoms with E-state index in [-0.39, 0.29) is 22.4 Å². The Morgan fingerprint density at radius 2 is 0.970 bits per heavy atom. The number of ketones is 1. The lowest BCUT2D eigenvalue weighted by atomic mass is 9.48. The SMILES string of the molecule is O=C(C[P+](c1ccccc1)(c1ccccc1)c1ccccc1)C12CC3CC(CC(C3)C1)C2.[Br-]. The Bertz CT molecular complexity index is 964. The molecule has 0 saturated heterocycles. The van der Waals surface area contributed by atoms with E-state index in [1.807, 2.05) is 0 Å². The minimum absolute atomic E-state index is 0. The summed E-state index contributed by atoms with van der Waals surface area (Å²) in [5, 5.41) is 3.99. The summed E-state index contributed by atoms with van der Waals surface area (Å²) in [5.41, 5.74) is -0.0572. The van der Waals surface area contributed by atoms with Crippen molar-refractivity contribution in [2.24, 2.45) is 23.2 Å². The molecule has 0 amide bonds. The molecule has 3 heteroatoms. The lowest BCUT2D eigenvalue weighted by molar-refractivity contribution is -0.141. The number of carbonyl (C=O) groups is 1. The van der Waals surface area contributed by atoms with Crippen LogP contribution in [0.15, 0.2) is 91.0 Å². The van der Waals surface area contributed by atoms with Crippen LogP contribution in [-0.2, 0) is 4.79 Å². The van der Waals surface area contributed by atoms with E-state index in [4.69, 9.17) is 0 Å². The van der Waals surface area contributed by atoms with E-state index in [1.54, 1.807) is 0 Å². The molecule has 1 nitrogen and oxygen atoms in total. The molecule has 0 atom stereocenters. The van der Waals surface area contributed by atoms with Gasteiger partial charge in [-0.25, -0.2) is 0 Å². The fraction of sp³-hybridized carbons (Fsp3) is 0.367. The van der Waals surface area contributed by atoms with Crippen LogP contribution in [0.3, 0.4) is 0 Å². The predicted octanol–water partition coefficient (Wildman–Crippen LogP) is 2.77. The van der Waals surface area contributed by atoms with Gasteiger partial charge >= 0.3 is 0 Å². The molecule has 3 aromatic rings. The Kier molecular flexibility index (Phi) is 6.36. The lowest BCUT2D eigenvalue weighted by Crippen LogP contribution is -3.00. The van der Waals surface area contributed by atoms with E-state index in [2.05, 4.69) is 91.0 Å². The topological polar surface area (TPSA) is 17.1 Å². The Morgan fingerprint density at radius 1 is 0.636 bits per heavy atom. The Balaban J connectivity index is 0.00000228. The largest absolute Gasteiger partial charge is 1.00 e. The van der Waals surface area contributed by atoms with Crippen LogP contribution in [0.4, 0.5) is 0 Å². The van der Waals surface area contributed by atoms with E-state index >= 15 is 0 Å². The molecule has 0 aromatic heterocycles. The molecule has 3 aromatic carbocycles. The van der Waals surface area contributed by atoms with E-state index in [9.17, 15) is 4.79 Å². The van der Waals surface area contributed by atoms with Crippen LogP contribution >= 0.6 is 7.26 Å². The van der Waals surface area contributed by atoms with Gasteiger partial charge in [0.25, 0.3) is 0 Å². The number of rotatable bonds is 6. The molecule has 0 unspecified atom stereocenters. The first-order chi connectivity index (χ1) is 15.7. The quantitative estimate of drug-likeness (QED) is 0.458. The number of hydrogen-bond acceptors (Lipinski definition) is 1. The van der Waals surface area contributed by atoms with Gasteiger partial charge in [0.1, 0.15) is 29.3 Å². The van der Waals surface area contributed by atoms with Gasteiger partial charge in [-0.05, 0) is 92.7 Å². The van der Waals surface area contributed by atoms with E-state index in [1.165, 1.54) is 35.2 Å². The first kappa shape index (κ1) is 23.0. The molecular formula is C30H32BrOP. The van der Waals surface area contributed by atoms with Crippen molar-refractivity contribution >= 4 is 29.0 Å². The molecule has 33 heavy (non-hydrogen) atoms. The smallest absolute Gasteiger partial charge is 0.177 e. The Morgan fingerprint density at radius 3 is 1.30 bits per heavy atom. The van der Waals surface area contributed by atoms with Gasteiger partial charge in [0.05, 0.1) is 0 Å². The van der Waals surface area contributed by atoms with Crippen LogP contribution < -0.4 is 32.9 Å². The van der Waals surface area contributed by atoms with Gasteiger partial charge in [-0.3, -0.25) is 4.79 Å². The average molecular weight is 519 g/mol. The van der Waals surface area contributed by atoms with Crippen LogP contribution in [0.5, 0.6) is 0 Å². The summed E-state index contributed by atoms with van der Waals surface area (Å²) < 4.78 is 0. The second-order valence-electron chi connectivity index (χ2n) is 10.6. The standard InChI is InChI=1S/C30H32OP.BrH/c31-29(30-19-23-16-24(20-30)18-25(17-23)21-30)22-32(26-10-4-1-5-11-26,27-12-6-2-7-13-27)28-14-8-3-9-15-28;/h1-15,23-25H,16-22H2;1H/q+1;/p-1. The highest BCUT2D eigenvalue weighted by Crippen LogP contribution is 2.63. The molecule has 0 N–H and O–H groups in total. The monoisotopic (exact) mass is 518 g/mol. The fourth-order valence-electron chi connectivity index (χ4n) is 7.60. The highest BCUT2D eigenvalue weighted by molar-refractivity contribution is 7.96. The van der Waals surface area contributed by atoms with Crippen molar-refractivity contribution in [1.82, 2.24) is 0 Å². The number of hydrogen-bond donors (Lipinski definition) is 0. The van der Waals surface area contributed by atoms with Crippen LogP contribution in [-0.4, -0.2) is 11.9 Å². The Hall–Kier alpha value is -1.76. The molecule has 4 saturated carbocycles. The first-order valence-corrected chi connectivity index (χ1v) is 14.2. The molecule has 170 valence electrons. The van der Waals surface area contributed by atoms with Crippen molar-refractivity contribution in [3.63, 3.8) is 0 Å². The van der Waals surface area contributed by atoms with Crippen molar-refractivity contribution in [3.05, 3.63) is 91.0 Å². The summed E-state index contributed by atoms with van der Waals surface area (Å²) in [7, 11) is -2.08. The molecule has 0 radical (unpaired) electrons. The summed E-state index contributed by atoms with van der Waals surface area (Å²) >= 11 is 0. The molecule has 0 heterocycles. The molecule has 4 bridgehead atoms. The summed E-state index contributed by atoms with van der Waals surface area (Å²) in [4.78, 5) is 14.5. The third-order valence-corrected chi connectivity index (χ3v) is 12.9. The van der Waals surface area contributed by atoms with Gasteiger partial charge in [-0.1, -0.05) is 54.6 Å². The van der Waals surface area contributed by atoms with Gasteiger partial charge in [-0.15, -0.1) is 0 Å². The Labute approximate surface area is 209 Å². The van der Waals surface area contributed by atoms with E-state index < -0.39 is 7.26 Å². The second-order valence-corrected chi connectivity index (χ2v) is 14.1. The molecule has 4 aliphatic carbocycles. The summed E-state index contributed by atoms with van der Waals surface area (Å²) in [6.45, 7) is 0. The van der Waals surface area contributed by atoms with Gasteiger partial charge in [-0.2, -0.15) is 0 Å². The minimum atomic E-state index is -2.08. The third-order valence-electron chi connectivity index (χ3n) is 8.60. The van der Waals surface area contributed by atoms with Crippen LogP contribution in [0.2, 0.25) is 0 Å². The zero-order valence-corrected chi connectivity index (χ0v) is 21.6. The number of Topliss-reactive ketones (excluding diaryl/α,β-unsaturated/α-hetero) is 1. The van der Waals surface area contributed by atoms with Gasteiger partial charge in [0, 0.05) is 5.41 Å². The van der Waals surface area contributed by atoms with Crippen molar-refractivity contribution in [2.45, 2.75) is 38.5 Å². The molecule has 4 fully saturated rings. The van der Waals surface area contributed by atoms with Crippen molar-refractivity contribution in [2.75, 3.05) is 6.16 Å². The minimum Gasteiger partial charge on any atom is -1.00 e. The van der Waals surface area contributed by atoms with Crippen LogP contribution in [0.1, 0.15) is 38.5 Å². The summed E-state index contributed by atoms with van der Waals surface area (Å²) in [5.74, 6) is 2.94. The summed E-state index contributed by atoms with van der Waals surface area (Å²) in [6, 6.07) is 32.7. The fourth-order valence-corrected chi connectivity index (χ4v) is 11.9. The normalized spacial score (nSPS) is 27.7. The van der Waals surface area contributed by atoms with E-state index in [0.717, 1.165) is 37.0 Å². The lowest BCUT2D eigenvalue weighted by Gasteiger charge is -2.56. The highest BCUT2D eigenvalue weighted by Gasteiger charge is 2.58. The van der Waals surface area contributed by atoms with Crippen molar-refractivity contribution < 1.29 is 21.8 Å². The molecule has 0 spiro atoms. The zero-order valence-electron chi connectivity index (χ0n) is 19.1. The van der Waals surface area contributed by atoms with E-state index in [0.29, 0.717) is 11.9 Å². The highest BCUT2D eigenvalue weighted by atomic mass is 79.9. The molecule has 4 aliphatic rings. The molecule has 0 aliphatic heterocycles. The first-order valence-electron chi connectivity index (χ1n) is 12.3. The van der Waals surface area contributed by atoms with Gasteiger partial charge < -0.3 is 17.0 Å². The zero-order chi connectivity index (χ0) is 21.6. The van der Waals surface area contributed by atoms with Crippen molar-refractivity contribution in [3.8, 4) is 0 Å². The second kappa shape index (κ2) is 9.12. The number of carbonyl (C=O) groups excluding carboxylic acids is 1. The summed E-state index contributed by atoms with van der Waals surface area (Å²) in [6.07, 6.45) is 8.24. The number of halogens is 1. The third kappa shape index (κ3) is 3.94. The maximum absolute atomic E-state index is 14.5. The molecule has 7 rings (SSSR count). The van der Waals surface area contributed by atoms with Crippen LogP contribution in [0.25, 0.3) is 0 Å². The van der Waals surface area contributed by atoms with Gasteiger partial charge in [0.2, 0.25) is 0 Å². The maximum atomic E-state index is 14.5. The average Bonchev–Trinajstić information content (AvgIpc) is 2.83. The molecular weight excluding hydrogens is 487 g/mol. The maximum Gasteiger partial charge on any atom is 0.177 e. The van der Waals surface area contributed by atoms with Crippen molar-refractivity contribution in [1.29, 1.82) is 0 Å².